The summed E-state index contributed by atoms with van der Waals surface area (Å²) in [5.41, 5.74) is 0.856. The van der Waals surface area contributed by atoms with Gasteiger partial charge in [0.15, 0.2) is 5.82 Å². The summed E-state index contributed by atoms with van der Waals surface area (Å²) in [6, 6.07) is 8.49. The van der Waals surface area contributed by atoms with Crippen molar-refractivity contribution >= 4 is 23.6 Å². The molecule has 2 aliphatic rings. The van der Waals surface area contributed by atoms with Crippen LogP contribution in [0.25, 0.3) is 11.4 Å². The van der Waals surface area contributed by atoms with Crippen LogP contribution in [0.3, 0.4) is 0 Å². The number of aromatic nitrogens is 3. The Morgan fingerprint density at radius 3 is 2.50 bits per heavy atom. The Morgan fingerprint density at radius 1 is 0.952 bits per heavy atom. The van der Waals surface area contributed by atoms with Gasteiger partial charge in [-0.05, 0) is 38.5 Å². The molecule has 11 nitrogen and oxygen atoms in total. The van der Waals surface area contributed by atoms with Crippen molar-refractivity contribution in [2.45, 2.75) is 90.8 Å². The fraction of sp³-hybridized carbons (Fsp3) is 0.613. The molecule has 0 aliphatic carbocycles. The number of amides is 4. The molecule has 0 spiro atoms. The van der Waals surface area contributed by atoms with Crippen LogP contribution in [0.15, 0.2) is 30.3 Å². The molecule has 4 rings (SSSR count). The highest BCUT2D eigenvalue weighted by molar-refractivity contribution is 5.88. The Kier molecular flexibility index (Phi) is 11.1. The molecule has 3 heterocycles. The Balaban J connectivity index is 1.57. The van der Waals surface area contributed by atoms with Gasteiger partial charge in [-0.1, -0.05) is 50.6 Å². The molecule has 2 atom stereocenters. The quantitative estimate of drug-likeness (QED) is 0.541. The SMILES string of the molecule is CC(C)C[C@H]1NC(=O)CCCN(C(=O)CCN2CCCCCC2=O)CCn2nc(-c3ccccc3)nc2[C@@H](C)NC1=O. The summed E-state index contributed by atoms with van der Waals surface area (Å²) < 4.78 is 1.77. The van der Waals surface area contributed by atoms with Crippen LogP contribution in [0.1, 0.15) is 84.0 Å². The van der Waals surface area contributed by atoms with Crippen molar-refractivity contribution in [2.75, 3.05) is 26.2 Å². The van der Waals surface area contributed by atoms with Gasteiger partial charge in [-0.25, -0.2) is 9.67 Å². The number of nitrogens with one attached hydrogen (secondary N) is 2. The topological polar surface area (TPSA) is 130 Å². The van der Waals surface area contributed by atoms with Gasteiger partial charge in [-0.3, -0.25) is 19.2 Å². The molecule has 2 N–H and O–H groups in total. The van der Waals surface area contributed by atoms with Crippen molar-refractivity contribution in [1.29, 1.82) is 0 Å². The maximum atomic E-state index is 13.5. The van der Waals surface area contributed by atoms with E-state index in [1.54, 1.807) is 9.58 Å². The van der Waals surface area contributed by atoms with Gasteiger partial charge in [0.05, 0.1) is 12.6 Å². The third kappa shape index (κ3) is 8.62. The molecule has 1 fully saturated rings. The first-order chi connectivity index (χ1) is 20.2. The van der Waals surface area contributed by atoms with Crippen LogP contribution in [0, 0.1) is 5.92 Å². The van der Waals surface area contributed by atoms with Crippen LogP contribution in [0.2, 0.25) is 0 Å². The predicted octanol–water partition coefficient (Wildman–Crippen LogP) is 3.07. The highest BCUT2D eigenvalue weighted by atomic mass is 16.2. The number of hydrogen-bond donors (Lipinski definition) is 2. The summed E-state index contributed by atoms with van der Waals surface area (Å²) in [5.74, 6) is 0.925. The molecule has 2 aromatic rings. The summed E-state index contributed by atoms with van der Waals surface area (Å²) >= 11 is 0. The molecule has 1 aromatic carbocycles. The van der Waals surface area contributed by atoms with Crippen LogP contribution >= 0.6 is 0 Å². The standard InChI is InChI=1S/C31H45N7O4/c1-22(2)21-25-31(42)32-23(3)30-34-29(24-11-6-4-7-12-24)35-38(30)20-19-37(17-10-13-26(39)33-25)28(41)15-18-36-16-9-5-8-14-27(36)40/h4,6-7,11-12,22-23,25H,5,8-10,13-21H2,1-3H3,(H,32,42)(H,33,39)/t23-,25-/m1/s1. The predicted molar refractivity (Wildman–Crippen MR) is 159 cm³/mol. The van der Waals surface area contributed by atoms with Gasteiger partial charge >= 0.3 is 0 Å². The maximum Gasteiger partial charge on any atom is 0.243 e. The summed E-state index contributed by atoms with van der Waals surface area (Å²) in [5, 5.41) is 10.7. The first-order valence-corrected chi connectivity index (χ1v) is 15.4. The number of benzene rings is 1. The normalized spacial score (nSPS) is 21.3. The van der Waals surface area contributed by atoms with Crippen LogP contribution in [0.4, 0.5) is 0 Å². The van der Waals surface area contributed by atoms with E-state index in [-0.39, 0.29) is 42.4 Å². The van der Waals surface area contributed by atoms with E-state index in [1.807, 2.05) is 56.0 Å². The van der Waals surface area contributed by atoms with Gasteiger partial charge in [-0.15, -0.1) is 0 Å². The molecular formula is C31H45N7O4. The van der Waals surface area contributed by atoms with E-state index < -0.39 is 12.1 Å². The van der Waals surface area contributed by atoms with Crippen LogP contribution in [-0.4, -0.2) is 80.4 Å². The highest BCUT2D eigenvalue weighted by Crippen LogP contribution is 2.20. The third-order valence-electron chi connectivity index (χ3n) is 7.87. The van der Waals surface area contributed by atoms with Gasteiger partial charge in [-0.2, -0.15) is 5.10 Å². The second-order valence-electron chi connectivity index (χ2n) is 11.8. The van der Waals surface area contributed by atoms with E-state index in [2.05, 4.69) is 10.6 Å². The lowest BCUT2D eigenvalue weighted by molar-refractivity contribution is -0.134. The zero-order valence-electron chi connectivity index (χ0n) is 25.2. The fourth-order valence-corrected chi connectivity index (χ4v) is 5.57. The van der Waals surface area contributed by atoms with Crippen molar-refractivity contribution in [3.8, 4) is 11.4 Å². The molecule has 0 radical (unpaired) electrons. The molecule has 0 unspecified atom stereocenters. The van der Waals surface area contributed by atoms with E-state index in [1.165, 1.54) is 0 Å². The molecule has 42 heavy (non-hydrogen) atoms. The fourth-order valence-electron chi connectivity index (χ4n) is 5.57. The van der Waals surface area contributed by atoms with Gasteiger partial charge < -0.3 is 20.4 Å². The minimum atomic E-state index is -0.670. The van der Waals surface area contributed by atoms with Gasteiger partial charge in [0.25, 0.3) is 0 Å². The molecule has 2 aliphatic heterocycles. The average Bonchev–Trinajstić information content (AvgIpc) is 3.28. The lowest BCUT2D eigenvalue weighted by atomic mass is 10.0. The van der Waals surface area contributed by atoms with Crippen molar-refractivity contribution in [3.05, 3.63) is 36.2 Å². The lowest BCUT2D eigenvalue weighted by Crippen LogP contribution is -2.48. The zero-order valence-corrected chi connectivity index (χ0v) is 25.2. The molecular weight excluding hydrogens is 534 g/mol. The second kappa shape index (κ2) is 14.9. The maximum absolute atomic E-state index is 13.5. The zero-order chi connectivity index (χ0) is 30.1. The Bertz CT molecular complexity index is 1230. The van der Waals surface area contributed by atoms with Gasteiger partial charge in [0, 0.05) is 51.0 Å². The monoisotopic (exact) mass is 579 g/mol. The van der Waals surface area contributed by atoms with Crippen molar-refractivity contribution < 1.29 is 19.2 Å². The summed E-state index contributed by atoms with van der Waals surface area (Å²) in [6.45, 7) is 8.13. The molecule has 0 saturated carbocycles. The van der Waals surface area contributed by atoms with Crippen molar-refractivity contribution in [3.63, 3.8) is 0 Å². The molecule has 11 heteroatoms. The number of hydrogen-bond acceptors (Lipinski definition) is 6. The highest BCUT2D eigenvalue weighted by Gasteiger charge is 2.27. The minimum Gasteiger partial charge on any atom is -0.345 e. The first-order valence-electron chi connectivity index (χ1n) is 15.4. The average molecular weight is 580 g/mol. The molecule has 1 saturated heterocycles. The van der Waals surface area contributed by atoms with E-state index in [9.17, 15) is 19.2 Å². The molecule has 4 amide bonds. The summed E-state index contributed by atoms with van der Waals surface area (Å²) in [6.07, 6.45) is 4.85. The Morgan fingerprint density at radius 2 is 1.74 bits per heavy atom. The number of carbonyl (C=O) groups excluding carboxylic acids is 4. The Labute approximate surface area is 248 Å². The van der Waals surface area contributed by atoms with E-state index in [0.29, 0.717) is 63.6 Å². The second-order valence-corrected chi connectivity index (χ2v) is 11.8. The van der Waals surface area contributed by atoms with Gasteiger partial charge in [0.2, 0.25) is 23.6 Å². The third-order valence-corrected chi connectivity index (χ3v) is 7.87. The number of likely N-dealkylation sites (tertiary alicyclic amines) is 1. The Hall–Kier alpha value is -3.76. The number of nitrogens with zero attached hydrogens (tertiary/aromatic N) is 5. The van der Waals surface area contributed by atoms with Crippen molar-refractivity contribution in [2.24, 2.45) is 5.92 Å². The van der Waals surface area contributed by atoms with Gasteiger partial charge in [0.1, 0.15) is 11.9 Å². The van der Waals surface area contributed by atoms with E-state index in [0.717, 1.165) is 24.8 Å². The molecule has 228 valence electrons. The summed E-state index contributed by atoms with van der Waals surface area (Å²) in [7, 11) is 0. The molecule has 0 bridgehead atoms. The molecule has 1 aromatic heterocycles. The largest absolute Gasteiger partial charge is 0.345 e. The van der Waals surface area contributed by atoms with E-state index in [4.69, 9.17) is 10.1 Å². The smallest absolute Gasteiger partial charge is 0.243 e. The van der Waals surface area contributed by atoms with Crippen LogP contribution in [-0.2, 0) is 25.7 Å². The van der Waals surface area contributed by atoms with Crippen LogP contribution in [0.5, 0.6) is 0 Å². The number of carbonyl (C=O) groups is 4. The lowest BCUT2D eigenvalue weighted by Gasteiger charge is -2.27. The van der Waals surface area contributed by atoms with Crippen molar-refractivity contribution in [1.82, 2.24) is 35.2 Å². The number of fused-ring (bicyclic) bond motifs is 1. The summed E-state index contributed by atoms with van der Waals surface area (Å²) in [4.78, 5) is 60.4. The number of rotatable bonds is 6. The first kappa shape index (κ1) is 31.2. The minimum absolute atomic E-state index is 0.0523. The van der Waals surface area contributed by atoms with Crippen LogP contribution < -0.4 is 10.6 Å². The van der Waals surface area contributed by atoms with E-state index >= 15 is 0 Å².